The number of halogens is 1. The second-order valence-electron chi connectivity index (χ2n) is 13.2. The van der Waals surface area contributed by atoms with Crippen molar-refractivity contribution in [3.05, 3.63) is 70.9 Å². The van der Waals surface area contributed by atoms with Crippen LogP contribution in [0.15, 0.2) is 54.7 Å². The molecule has 1 aromatic heterocycles. The zero-order valence-electron chi connectivity index (χ0n) is 26.8. The number of nitrogens with one attached hydrogen (secondary N) is 3. The molecule has 3 saturated carbocycles. The number of benzene rings is 2. The minimum atomic E-state index is -1.70. The minimum absolute atomic E-state index is 0.0146. The first kappa shape index (κ1) is 33.4. The number of H-pyrrole nitrogens is 1. The van der Waals surface area contributed by atoms with Crippen molar-refractivity contribution in [3.63, 3.8) is 0 Å². The molecule has 5 atom stereocenters. The van der Waals surface area contributed by atoms with Crippen LogP contribution in [0.5, 0.6) is 0 Å². The van der Waals surface area contributed by atoms with Crippen LogP contribution < -0.4 is 10.6 Å². The maximum atomic E-state index is 14.2. The predicted molar refractivity (Wildman–Crippen MR) is 175 cm³/mol. The molecule has 4 aliphatic rings. The summed E-state index contributed by atoms with van der Waals surface area (Å²) in [6.45, 7) is -0.0318. The lowest BCUT2D eigenvalue weighted by Crippen LogP contribution is -2.65. The summed E-state index contributed by atoms with van der Waals surface area (Å²) in [6, 6.07) is 12.5. The van der Waals surface area contributed by atoms with Crippen LogP contribution in [0.1, 0.15) is 43.2 Å². The van der Waals surface area contributed by atoms with Crippen molar-refractivity contribution in [2.24, 2.45) is 10.8 Å². The molecule has 3 aromatic rings. The second-order valence-corrected chi connectivity index (χ2v) is 13.6. The number of aromatic amines is 1. The maximum absolute atomic E-state index is 14.2. The molecule has 48 heavy (non-hydrogen) atoms. The first-order chi connectivity index (χ1) is 22.9. The van der Waals surface area contributed by atoms with Crippen LogP contribution in [0, 0.1) is 10.8 Å². The second kappa shape index (κ2) is 12.8. The van der Waals surface area contributed by atoms with Crippen LogP contribution in [0.4, 0.5) is 0 Å². The number of hydrogen-bond acceptors (Lipinski definition) is 7. The fraction of sp³-hybridized carbons (Fsp3) is 0.429. The summed E-state index contributed by atoms with van der Waals surface area (Å²) in [6.07, 6.45) is -0.0573. The van der Waals surface area contributed by atoms with E-state index in [4.69, 9.17) is 11.6 Å². The molecule has 12 nitrogen and oxygen atoms in total. The molecule has 0 spiro atoms. The van der Waals surface area contributed by atoms with Crippen LogP contribution in [0.25, 0.3) is 10.9 Å². The van der Waals surface area contributed by atoms with Gasteiger partial charge in [-0.25, -0.2) is 0 Å². The normalized spacial score (nSPS) is 25.6. The van der Waals surface area contributed by atoms with E-state index in [1.165, 1.54) is 16.8 Å². The van der Waals surface area contributed by atoms with Crippen molar-refractivity contribution < 1.29 is 33.9 Å². The zero-order chi connectivity index (χ0) is 34.4. The van der Waals surface area contributed by atoms with E-state index in [1.807, 2.05) is 36.4 Å². The Hall–Kier alpha value is -4.55. The third kappa shape index (κ3) is 5.66. The van der Waals surface area contributed by atoms with Crippen molar-refractivity contribution in [1.82, 2.24) is 25.4 Å². The van der Waals surface area contributed by atoms with Gasteiger partial charge >= 0.3 is 0 Å². The van der Waals surface area contributed by atoms with Gasteiger partial charge in [-0.15, -0.1) is 0 Å². The van der Waals surface area contributed by atoms with Crippen LogP contribution in [-0.2, 0) is 41.7 Å². The van der Waals surface area contributed by atoms with Gasteiger partial charge in [0, 0.05) is 75.0 Å². The van der Waals surface area contributed by atoms with E-state index in [0.29, 0.717) is 5.02 Å². The number of hydrogen-bond donors (Lipinski definition) is 4. The first-order valence-corrected chi connectivity index (χ1v) is 16.4. The molecule has 1 aliphatic heterocycles. The summed E-state index contributed by atoms with van der Waals surface area (Å²) in [5.74, 6) is -3.30. The van der Waals surface area contributed by atoms with Gasteiger partial charge in [0.1, 0.15) is 34.5 Å². The van der Waals surface area contributed by atoms with Crippen LogP contribution in [0.3, 0.4) is 0 Å². The maximum Gasteiger partial charge on any atom is 0.245 e. The summed E-state index contributed by atoms with van der Waals surface area (Å²) in [4.78, 5) is 87.4. The number of aliphatic hydroxyl groups excluding tert-OH is 1. The summed E-state index contributed by atoms with van der Waals surface area (Å²) < 4.78 is 0. The third-order valence-electron chi connectivity index (χ3n) is 10.3. The molecule has 4 N–H and O–H groups in total. The van der Waals surface area contributed by atoms with Crippen LogP contribution in [-0.4, -0.2) is 93.9 Å². The number of aliphatic hydroxyl groups is 1. The topological polar surface area (TPSA) is 169 Å². The number of carbonyl (C=O) groups excluding carboxylic acids is 6. The lowest BCUT2D eigenvalue weighted by molar-refractivity contribution is -0.173. The number of rotatable bonds is 9. The number of likely N-dealkylation sites (N-methyl/N-ethyl adjacent to an activating group) is 1. The summed E-state index contributed by atoms with van der Waals surface area (Å²) in [7, 11) is 3.01. The lowest BCUT2D eigenvalue weighted by Gasteiger charge is -2.49. The number of carbonyl (C=O) groups is 6. The summed E-state index contributed by atoms with van der Waals surface area (Å²) >= 11 is 6.36. The highest BCUT2D eigenvalue weighted by Gasteiger charge is 2.66. The van der Waals surface area contributed by atoms with Crippen molar-refractivity contribution in [2.45, 2.75) is 63.3 Å². The van der Waals surface area contributed by atoms with Gasteiger partial charge < -0.3 is 30.5 Å². The zero-order valence-corrected chi connectivity index (χ0v) is 27.5. The third-order valence-corrected chi connectivity index (χ3v) is 10.7. The number of amides is 4. The van der Waals surface area contributed by atoms with Gasteiger partial charge in [-0.3, -0.25) is 28.8 Å². The number of Topliss-reactive ketones (excluding diaryl/α,β-unsaturated/α-hetero) is 2. The molecule has 2 heterocycles. The molecule has 1 saturated heterocycles. The summed E-state index contributed by atoms with van der Waals surface area (Å²) in [5.41, 5.74) is -0.807. The van der Waals surface area contributed by atoms with Crippen LogP contribution >= 0.6 is 11.6 Å². The van der Waals surface area contributed by atoms with E-state index in [9.17, 15) is 33.9 Å². The SMILES string of the molecule is CNC(=O)C12CCC(C(=O)N3CC(O)CC3C(=O)NC(Cc3c[nH]c4ccccc34)C(=O)N(C)Cc3ccccc3Cl)(CC1=O)C(=O)C2. The minimum Gasteiger partial charge on any atom is -0.391 e. The number of ketones is 2. The van der Waals surface area contributed by atoms with Gasteiger partial charge in [-0.1, -0.05) is 48.0 Å². The Balaban J connectivity index is 1.25. The Labute approximate surface area is 282 Å². The number of nitrogens with zero attached hydrogens (tertiary/aromatic N) is 2. The predicted octanol–water partition coefficient (Wildman–Crippen LogP) is 1.91. The molecule has 13 heteroatoms. The number of likely N-dealkylation sites (tertiary alicyclic amines) is 1. The molecular formula is C35H38ClN5O7. The Kier molecular flexibility index (Phi) is 8.90. The molecule has 4 amide bonds. The number of aromatic nitrogens is 1. The monoisotopic (exact) mass is 675 g/mol. The average Bonchev–Trinajstić information content (AvgIpc) is 3.68. The van der Waals surface area contributed by atoms with Crippen molar-refractivity contribution >= 4 is 57.7 Å². The standard InChI is InChI=1S/C35H38ClN5O7/c1-37-32(47)34-11-12-35(16-28(34)43,29(44)15-34)33(48)41-19-22(42)14-27(41)30(45)39-26(13-21-17-38-25-10-6-4-8-23(21)25)31(46)40(2)18-20-7-3-5-9-24(20)36/h3-10,17,22,26-27,38,42H,11-16,18-19H2,1-2H3,(H,37,47)(H,39,45). The fourth-order valence-corrected chi connectivity index (χ4v) is 7.80. The highest BCUT2D eigenvalue weighted by atomic mass is 35.5. The van der Waals surface area contributed by atoms with Gasteiger partial charge in [-0.05, 0) is 36.1 Å². The van der Waals surface area contributed by atoms with E-state index in [0.717, 1.165) is 22.0 Å². The van der Waals surface area contributed by atoms with Crippen LogP contribution in [0.2, 0.25) is 5.02 Å². The molecule has 2 bridgehead atoms. The van der Waals surface area contributed by atoms with E-state index >= 15 is 0 Å². The number of β-amino-alcohol motifs (C(OH)–C–C–N with tert-alkyl or cyclic N) is 1. The van der Waals surface area contributed by atoms with E-state index < -0.39 is 70.6 Å². The highest BCUT2D eigenvalue weighted by Crippen LogP contribution is 2.54. The van der Waals surface area contributed by atoms with Gasteiger partial charge in [-0.2, -0.15) is 0 Å². The molecule has 4 fully saturated rings. The van der Waals surface area contributed by atoms with E-state index in [-0.39, 0.29) is 45.2 Å². The molecule has 2 aromatic carbocycles. The van der Waals surface area contributed by atoms with Crippen molar-refractivity contribution in [2.75, 3.05) is 20.6 Å². The molecule has 252 valence electrons. The Morgan fingerprint density at radius 2 is 1.69 bits per heavy atom. The van der Waals surface area contributed by atoms with Gasteiger partial charge in [0.15, 0.2) is 0 Å². The molecular weight excluding hydrogens is 638 g/mol. The fourth-order valence-electron chi connectivity index (χ4n) is 7.60. The number of para-hydroxylation sites is 1. The lowest BCUT2D eigenvalue weighted by atomic mass is 9.51. The number of fused-ring (bicyclic) bond motifs is 4. The smallest absolute Gasteiger partial charge is 0.245 e. The quantitative estimate of drug-likeness (QED) is 0.251. The van der Waals surface area contributed by atoms with Gasteiger partial charge in [0.2, 0.25) is 23.6 Å². The highest BCUT2D eigenvalue weighted by molar-refractivity contribution is 6.31. The Bertz CT molecular complexity index is 1830. The van der Waals surface area contributed by atoms with Crippen molar-refractivity contribution in [3.8, 4) is 0 Å². The Morgan fingerprint density at radius 1 is 1.02 bits per heavy atom. The molecule has 0 radical (unpaired) electrons. The largest absolute Gasteiger partial charge is 0.391 e. The molecule has 5 unspecified atom stereocenters. The van der Waals surface area contributed by atoms with Gasteiger partial charge in [0.05, 0.1) is 6.10 Å². The van der Waals surface area contributed by atoms with E-state index in [2.05, 4.69) is 15.6 Å². The van der Waals surface area contributed by atoms with Crippen molar-refractivity contribution in [1.29, 1.82) is 0 Å². The first-order valence-electron chi connectivity index (χ1n) is 16.0. The summed E-state index contributed by atoms with van der Waals surface area (Å²) in [5, 5.41) is 17.4. The Morgan fingerprint density at radius 3 is 2.40 bits per heavy atom. The molecule has 3 aliphatic carbocycles. The van der Waals surface area contributed by atoms with Gasteiger partial charge in [0.25, 0.3) is 0 Å². The average molecular weight is 676 g/mol. The van der Waals surface area contributed by atoms with E-state index in [1.54, 1.807) is 25.4 Å². The molecule has 7 rings (SSSR count).